The quantitative estimate of drug-likeness (QED) is 0.782. The summed E-state index contributed by atoms with van der Waals surface area (Å²) in [4.78, 5) is 15.5. The highest BCUT2D eigenvalue weighted by Crippen LogP contribution is 2.31. The second kappa shape index (κ2) is 5.63. The number of pyridine rings is 1. The zero-order valence-corrected chi connectivity index (χ0v) is 13.2. The van der Waals surface area contributed by atoms with Crippen molar-refractivity contribution in [3.05, 3.63) is 63.4 Å². The predicted octanol–water partition coefficient (Wildman–Crippen LogP) is 4.17. The molecule has 0 amide bonds. The Morgan fingerprint density at radius 1 is 1.32 bits per heavy atom. The van der Waals surface area contributed by atoms with Gasteiger partial charge in [-0.25, -0.2) is 9.78 Å². The first-order chi connectivity index (χ1) is 10.5. The minimum atomic E-state index is -1.07. The first-order valence-electron chi connectivity index (χ1n) is 6.58. The molecule has 0 spiro atoms. The second-order valence-corrected chi connectivity index (χ2v) is 5.77. The highest BCUT2D eigenvalue weighted by Gasteiger charge is 2.17. The molecule has 6 heteroatoms. The van der Waals surface area contributed by atoms with Crippen LogP contribution in [0.4, 0.5) is 0 Å². The van der Waals surface area contributed by atoms with Crippen LogP contribution in [-0.2, 0) is 13.5 Å². The highest BCUT2D eigenvalue weighted by atomic mass is 35.5. The molecule has 0 aliphatic heterocycles. The Bertz CT molecular complexity index is 887. The summed E-state index contributed by atoms with van der Waals surface area (Å²) in [5.41, 5.74) is 2.48. The van der Waals surface area contributed by atoms with Gasteiger partial charge in [0.15, 0.2) is 0 Å². The number of carbonyl (C=O) groups is 1. The average molecular weight is 335 g/mol. The SMILES string of the molecule is Cn1c(Cc2c(Cl)ccc(C(=O)O)c2Cl)cc2cccnc21. The maximum Gasteiger partial charge on any atom is 0.337 e. The molecule has 0 aliphatic rings. The molecule has 1 aromatic carbocycles. The summed E-state index contributed by atoms with van der Waals surface area (Å²) < 4.78 is 1.95. The maximum atomic E-state index is 11.2. The van der Waals surface area contributed by atoms with E-state index in [0.29, 0.717) is 17.0 Å². The van der Waals surface area contributed by atoms with Crippen LogP contribution in [0, 0.1) is 0 Å². The lowest BCUT2D eigenvalue weighted by Gasteiger charge is -2.10. The Morgan fingerprint density at radius 3 is 2.77 bits per heavy atom. The van der Waals surface area contributed by atoms with Gasteiger partial charge in [-0.1, -0.05) is 23.2 Å². The molecule has 4 nitrogen and oxygen atoms in total. The molecule has 0 fully saturated rings. The van der Waals surface area contributed by atoms with Gasteiger partial charge in [0.1, 0.15) is 5.65 Å². The summed E-state index contributed by atoms with van der Waals surface area (Å²) in [5, 5.41) is 10.8. The highest BCUT2D eigenvalue weighted by molar-refractivity contribution is 6.37. The second-order valence-electron chi connectivity index (χ2n) is 4.98. The zero-order valence-electron chi connectivity index (χ0n) is 11.7. The van der Waals surface area contributed by atoms with Crippen molar-refractivity contribution in [3.8, 4) is 0 Å². The summed E-state index contributed by atoms with van der Waals surface area (Å²) in [6, 6.07) is 8.83. The van der Waals surface area contributed by atoms with Crippen molar-refractivity contribution in [1.82, 2.24) is 9.55 Å². The fraction of sp³-hybridized carbons (Fsp3) is 0.125. The molecule has 3 aromatic rings. The number of aromatic nitrogens is 2. The number of aromatic carboxylic acids is 1. The van der Waals surface area contributed by atoms with Crippen LogP contribution in [-0.4, -0.2) is 20.6 Å². The van der Waals surface area contributed by atoms with Crippen LogP contribution in [0.2, 0.25) is 10.0 Å². The van der Waals surface area contributed by atoms with Crippen LogP contribution in [0.25, 0.3) is 11.0 Å². The van der Waals surface area contributed by atoms with Gasteiger partial charge in [0.05, 0.1) is 10.6 Å². The third kappa shape index (κ3) is 2.45. The first-order valence-corrected chi connectivity index (χ1v) is 7.34. The molecular weight excluding hydrogens is 323 g/mol. The van der Waals surface area contributed by atoms with Crippen LogP contribution >= 0.6 is 23.2 Å². The molecule has 0 saturated carbocycles. The first kappa shape index (κ1) is 14.9. The summed E-state index contributed by atoms with van der Waals surface area (Å²) in [7, 11) is 1.91. The van der Waals surface area contributed by atoms with Gasteiger partial charge >= 0.3 is 5.97 Å². The van der Waals surface area contributed by atoms with Crippen molar-refractivity contribution in [2.75, 3.05) is 0 Å². The monoisotopic (exact) mass is 334 g/mol. The Kier molecular flexibility index (Phi) is 3.81. The third-order valence-electron chi connectivity index (χ3n) is 3.66. The van der Waals surface area contributed by atoms with E-state index < -0.39 is 5.97 Å². The number of halogens is 2. The number of hydrogen-bond donors (Lipinski definition) is 1. The lowest BCUT2D eigenvalue weighted by molar-refractivity contribution is 0.0697. The van der Waals surface area contributed by atoms with Gasteiger partial charge in [0.25, 0.3) is 0 Å². The van der Waals surface area contributed by atoms with Gasteiger partial charge < -0.3 is 9.67 Å². The van der Waals surface area contributed by atoms with E-state index in [9.17, 15) is 9.90 Å². The number of nitrogens with zero attached hydrogens (tertiary/aromatic N) is 2. The fourth-order valence-electron chi connectivity index (χ4n) is 2.49. The molecule has 2 heterocycles. The number of hydrogen-bond acceptors (Lipinski definition) is 2. The molecule has 0 atom stereocenters. The molecule has 3 rings (SSSR count). The Morgan fingerprint density at radius 2 is 2.09 bits per heavy atom. The number of benzene rings is 1. The molecule has 0 saturated heterocycles. The van der Waals surface area contributed by atoms with Crippen molar-refractivity contribution in [2.45, 2.75) is 6.42 Å². The van der Waals surface area contributed by atoms with E-state index in [-0.39, 0.29) is 10.6 Å². The molecule has 112 valence electrons. The lowest BCUT2D eigenvalue weighted by atomic mass is 10.1. The number of carboxylic acids is 1. The summed E-state index contributed by atoms with van der Waals surface area (Å²) in [6.07, 6.45) is 2.17. The van der Waals surface area contributed by atoms with Crippen LogP contribution in [0.1, 0.15) is 21.6 Å². The molecule has 0 aliphatic carbocycles. The minimum Gasteiger partial charge on any atom is -0.478 e. The van der Waals surface area contributed by atoms with Gasteiger partial charge in [-0.05, 0) is 35.9 Å². The molecule has 2 aromatic heterocycles. The number of carboxylic acid groups (broad SMARTS) is 1. The topological polar surface area (TPSA) is 55.1 Å². The van der Waals surface area contributed by atoms with Gasteiger partial charge in [-0.2, -0.15) is 0 Å². The van der Waals surface area contributed by atoms with Crippen LogP contribution in [0.5, 0.6) is 0 Å². The van der Waals surface area contributed by atoms with Crippen LogP contribution in [0.3, 0.4) is 0 Å². The third-order valence-corrected chi connectivity index (χ3v) is 4.45. The fourth-order valence-corrected chi connectivity index (χ4v) is 3.08. The van der Waals surface area contributed by atoms with Crippen molar-refractivity contribution in [1.29, 1.82) is 0 Å². The number of aryl methyl sites for hydroxylation is 1. The average Bonchev–Trinajstić information content (AvgIpc) is 2.80. The summed E-state index contributed by atoms with van der Waals surface area (Å²) in [5.74, 6) is -1.07. The van der Waals surface area contributed by atoms with E-state index >= 15 is 0 Å². The zero-order chi connectivity index (χ0) is 15.9. The predicted molar refractivity (Wildman–Crippen MR) is 86.9 cm³/mol. The Balaban J connectivity index is 2.10. The summed E-state index contributed by atoms with van der Waals surface area (Å²) >= 11 is 12.4. The van der Waals surface area contributed by atoms with Crippen molar-refractivity contribution in [3.63, 3.8) is 0 Å². The Hall–Kier alpha value is -2.04. The molecule has 0 bridgehead atoms. The van der Waals surface area contributed by atoms with Crippen molar-refractivity contribution in [2.24, 2.45) is 7.05 Å². The largest absolute Gasteiger partial charge is 0.478 e. The van der Waals surface area contributed by atoms with E-state index in [1.807, 2.05) is 29.8 Å². The van der Waals surface area contributed by atoms with Gasteiger partial charge in [-0.3, -0.25) is 0 Å². The van der Waals surface area contributed by atoms with Gasteiger partial charge in [0.2, 0.25) is 0 Å². The molecule has 0 unspecified atom stereocenters. The summed E-state index contributed by atoms with van der Waals surface area (Å²) in [6.45, 7) is 0. The number of rotatable bonds is 3. The molecule has 22 heavy (non-hydrogen) atoms. The molecule has 1 N–H and O–H groups in total. The Labute approximate surface area is 136 Å². The van der Waals surface area contributed by atoms with Gasteiger partial charge in [0, 0.05) is 35.8 Å². The van der Waals surface area contributed by atoms with Crippen molar-refractivity contribution >= 4 is 40.2 Å². The normalized spacial score (nSPS) is 11.0. The van der Waals surface area contributed by atoms with E-state index in [4.69, 9.17) is 23.2 Å². The lowest BCUT2D eigenvalue weighted by Crippen LogP contribution is -2.03. The van der Waals surface area contributed by atoms with Gasteiger partial charge in [-0.15, -0.1) is 0 Å². The number of fused-ring (bicyclic) bond motifs is 1. The van der Waals surface area contributed by atoms with Crippen molar-refractivity contribution < 1.29 is 9.90 Å². The van der Waals surface area contributed by atoms with E-state index in [1.165, 1.54) is 6.07 Å². The van der Waals surface area contributed by atoms with E-state index in [2.05, 4.69) is 4.98 Å². The maximum absolute atomic E-state index is 11.2. The standard InChI is InChI=1S/C16H12Cl2N2O2/c1-20-10(7-9-3-2-6-19-15(9)20)8-12-13(17)5-4-11(14(12)18)16(21)22/h2-7H,8H2,1H3,(H,21,22). The molecular formula is C16H12Cl2N2O2. The van der Waals surface area contributed by atoms with Crippen LogP contribution < -0.4 is 0 Å². The smallest absolute Gasteiger partial charge is 0.337 e. The van der Waals surface area contributed by atoms with E-state index in [1.54, 1.807) is 12.3 Å². The van der Waals surface area contributed by atoms with Crippen LogP contribution in [0.15, 0.2) is 36.5 Å². The molecule has 0 radical (unpaired) electrons. The minimum absolute atomic E-state index is 0.0537. The van der Waals surface area contributed by atoms with E-state index in [0.717, 1.165) is 16.7 Å².